The first-order chi connectivity index (χ1) is 9.77. The maximum Gasteiger partial charge on any atom is 0.254 e. The van der Waals surface area contributed by atoms with Gasteiger partial charge >= 0.3 is 0 Å². The van der Waals surface area contributed by atoms with Crippen molar-refractivity contribution in [2.24, 2.45) is 5.92 Å². The first-order valence-corrected chi connectivity index (χ1v) is 7.66. The third-order valence-electron chi connectivity index (χ3n) is 4.76. The lowest BCUT2D eigenvalue weighted by Crippen LogP contribution is -2.45. The second kappa shape index (κ2) is 5.92. The molecule has 2 fully saturated rings. The Kier molecular flexibility index (Phi) is 4.01. The van der Waals surface area contributed by atoms with E-state index in [0.717, 1.165) is 38.6 Å². The molecule has 1 saturated heterocycles. The second-order valence-corrected chi connectivity index (χ2v) is 5.96. The number of rotatable bonds is 2. The molecule has 1 amide bonds. The molecule has 0 spiro atoms. The lowest BCUT2D eigenvalue weighted by atomic mass is 9.80. The number of hydrogen-bond donors (Lipinski definition) is 1. The summed E-state index contributed by atoms with van der Waals surface area (Å²) in [4.78, 5) is 18.6. The van der Waals surface area contributed by atoms with Crippen molar-refractivity contribution < 1.29 is 9.90 Å². The molecule has 4 nitrogen and oxygen atoms in total. The smallest absolute Gasteiger partial charge is 0.254 e. The number of hydrogen-bond acceptors (Lipinski definition) is 3. The van der Waals surface area contributed by atoms with E-state index in [9.17, 15) is 9.90 Å². The number of carbonyl (C=O) groups is 1. The summed E-state index contributed by atoms with van der Waals surface area (Å²) in [6.07, 6.45) is 9.38. The van der Waals surface area contributed by atoms with E-state index in [1.54, 1.807) is 24.5 Å². The first-order valence-electron chi connectivity index (χ1n) is 7.66. The van der Waals surface area contributed by atoms with Crippen LogP contribution in [0.1, 0.15) is 48.9 Å². The Hall–Kier alpha value is -1.42. The molecular weight excluding hydrogens is 252 g/mol. The molecule has 1 N–H and O–H groups in total. The van der Waals surface area contributed by atoms with E-state index >= 15 is 0 Å². The predicted octanol–water partition coefficient (Wildman–Crippen LogP) is 2.24. The van der Waals surface area contributed by atoms with Crippen LogP contribution in [0.2, 0.25) is 0 Å². The Bertz CT molecular complexity index is 463. The van der Waals surface area contributed by atoms with Gasteiger partial charge in [-0.05, 0) is 37.8 Å². The fourth-order valence-electron chi connectivity index (χ4n) is 3.74. The molecule has 1 aliphatic carbocycles. The predicted molar refractivity (Wildman–Crippen MR) is 76.3 cm³/mol. The van der Waals surface area contributed by atoms with Crippen LogP contribution < -0.4 is 0 Å². The molecule has 2 aliphatic rings. The topological polar surface area (TPSA) is 53.4 Å². The maximum absolute atomic E-state index is 12.6. The van der Waals surface area contributed by atoms with Gasteiger partial charge in [0.05, 0.1) is 6.10 Å². The van der Waals surface area contributed by atoms with Crippen LogP contribution in [-0.4, -0.2) is 39.6 Å². The van der Waals surface area contributed by atoms with Crippen LogP contribution in [-0.2, 0) is 0 Å². The summed E-state index contributed by atoms with van der Waals surface area (Å²) in [5.41, 5.74) is 0.706. The normalized spacial score (nSPS) is 30.4. The van der Waals surface area contributed by atoms with Crippen LogP contribution in [0.5, 0.6) is 0 Å². The first kappa shape index (κ1) is 13.6. The number of carbonyl (C=O) groups excluding carboxylic acids is 1. The number of aliphatic hydroxyl groups excluding tert-OH is 1. The Morgan fingerprint density at radius 1 is 1.15 bits per heavy atom. The number of amides is 1. The SMILES string of the molecule is O=C(c1ccncc1)N1CCCC1C1CCCCC1O. The third kappa shape index (κ3) is 2.57. The average molecular weight is 274 g/mol. The van der Waals surface area contributed by atoms with Gasteiger partial charge in [0, 0.05) is 36.5 Å². The highest BCUT2D eigenvalue weighted by Gasteiger charge is 2.39. The molecule has 3 unspecified atom stereocenters. The van der Waals surface area contributed by atoms with E-state index in [1.165, 1.54) is 6.42 Å². The Morgan fingerprint density at radius 3 is 2.65 bits per heavy atom. The molecule has 1 aromatic rings. The van der Waals surface area contributed by atoms with E-state index < -0.39 is 0 Å². The monoisotopic (exact) mass is 274 g/mol. The number of nitrogens with zero attached hydrogens (tertiary/aromatic N) is 2. The van der Waals surface area contributed by atoms with Gasteiger partial charge in [-0.3, -0.25) is 9.78 Å². The highest BCUT2D eigenvalue weighted by atomic mass is 16.3. The molecular formula is C16H22N2O2. The van der Waals surface area contributed by atoms with Crippen molar-refractivity contribution in [3.63, 3.8) is 0 Å². The molecule has 3 atom stereocenters. The number of aliphatic hydroxyl groups is 1. The van der Waals surface area contributed by atoms with Crippen LogP contribution in [0.4, 0.5) is 0 Å². The van der Waals surface area contributed by atoms with Crippen molar-refractivity contribution in [2.75, 3.05) is 6.54 Å². The van der Waals surface area contributed by atoms with E-state index in [4.69, 9.17) is 0 Å². The summed E-state index contributed by atoms with van der Waals surface area (Å²) in [5.74, 6) is 0.352. The molecule has 0 radical (unpaired) electrons. The van der Waals surface area contributed by atoms with Gasteiger partial charge in [0.1, 0.15) is 0 Å². The average Bonchev–Trinajstić information content (AvgIpc) is 2.97. The van der Waals surface area contributed by atoms with Crippen molar-refractivity contribution in [1.82, 2.24) is 9.88 Å². The third-order valence-corrected chi connectivity index (χ3v) is 4.76. The second-order valence-electron chi connectivity index (χ2n) is 5.96. The van der Waals surface area contributed by atoms with Crippen molar-refractivity contribution in [3.05, 3.63) is 30.1 Å². The summed E-state index contributed by atoms with van der Waals surface area (Å²) < 4.78 is 0. The van der Waals surface area contributed by atoms with Crippen molar-refractivity contribution in [2.45, 2.75) is 50.7 Å². The quantitative estimate of drug-likeness (QED) is 0.900. The number of aromatic nitrogens is 1. The lowest BCUT2D eigenvalue weighted by molar-refractivity contribution is 0.0211. The van der Waals surface area contributed by atoms with E-state index in [0.29, 0.717) is 5.56 Å². The summed E-state index contributed by atoms with van der Waals surface area (Å²) >= 11 is 0. The summed E-state index contributed by atoms with van der Waals surface area (Å²) in [6.45, 7) is 0.815. The molecule has 1 saturated carbocycles. The van der Waals surface area contributed by atoms with Crippen LogP contribution >= 0.6 is 0 Å². The van der Waals surface area contributed by atoms with E-state index in [-0.39, 0.29) is 24.0 Å². The van der Waals surface area contributed by atoms with Gasteiger partial charge in [-0.15, -0.1) is 0 Å². The van der Waals surface area contributed by atoms with Crippen LogP contribution in [0.3, 0.4) is 0 Å². The minimum absolute atomic E-state index is 0.0904. The van der Waals surface area contributed by atoms with Gasteiger partial charge in [0.2, 0.25) is 0 Å². The minimum atomic E-state index is -0.236. The van der Waals surface area contributed by atoms with Crippen molar-refractivity contribution in [1.29, 1.82) is 0 Å². The van der Waals surface area contributed by atoms with Gasteiger partial charge in [-0.1, -0.05) is 12.8 Å². The highest BCUT2D eigenvalue weighted by Crippen LogP contribution is 2.35. The van der Waals surface area contributed by atoms with Gasteiger partial charge in [0.25, 0.3) is 5.91 Å². The van der Waals surface area contributed by atoms with Crippen molar-refractivity contribution >= 4 is 5.91 Å². The molecule has 1 aliphatic heterocycles. The van der Waals surface area contributed by atoms with Gasteiger partial charge < -0.3 is 10.0 Å². The Balaban J connectivity index is 1.77. The zero-order valence-electron chi connectivity index (χ0n) is 11.7. The Morgan fingerprint density at radius 2 is 1.90 bits per heavy atom. The van der Waals surface area contributed by atoms with Crippen LogP contribution in [0.25, 0.3) is 0 Å². The molecule has 1 aromatic heterocycles. The molecule has 3 rings (SSSR count). The Labute approximate surface area is 119 Å². The lowest BCUT2D eigenvalue weighted by Gasteiger charge is -2.37. The fourth-order valence-corrected chi connectivity index (χ4v) is 3.74. The number of pyridine rings is 1. The van der Waals surface area contributed by atoms with Crippen molar-refractivity contribution in [3.8, 4) is 0 Å². The maximum atomic E-state index is 12.6. The van der Waals surface area contributed by atoms with E-state index in [1.807, 2.05) is 4.90 Å². The largest absolute Gasteiger partial charge is 0.393 e. The molecule has 2 heterocycles. The molecule has 0 bridgehead atoms. The van der Waals surface area contributed by atoms with Crippen LogP contribution in [0, 0.1) is 5.92 Å². The fraction of sp³-hybridized carbons (Fsp3) is 0.625. The minimum Gasteiger partial charge on any atom is -0.393 e. The summed E-state index contributed by atoms with van der Waals surface area (Å²) in [6, 6.07) is 3.76. The highest BCUT2D eigenvalue weighted by molar-refractivity contribution is 5.94. The van der Waals surface area contributed by atoms with Gasteiger partial charge in [-0.2, -0.15) is 0 Å². The molecule has 0 aromatic carbocycles. The zero-order valence-corrected chi connectivity index (χ0v) is 11.7. The molecule has 20 heavy (non-hydrogen) atoms. The summed E-state index contributed by atoms with van der Waals surface area (Å²) in [5, 5.41) is 10.3. The molecule has 4 heteroatoms. The summed E-state index contributed by atoms with van der Waals surface area (Å²) in [7, 11) is 0. The zero-order chi connectivity index (χ0) is 13.9. The van der Waals surface area contributed by atoms with Gasteiger partial charge in [0.15, 0.2) is 0 Å². The molecule has 108 valence electrons. The van der Waals surface area contributed by atoms with E-state index in [2.05, 4.69) is 4.98 Å². The standard InChI is InChI=1S/C16H22N2O2/c19-15-6-2-1-4-13(15)14-5-3-11-18(14)16(20)12-7-9-17-10-8-12/h7-10,13-15,19H,1-6,11H2. The van der Waals surface area contributed by atoms with Gasteiger partial charge in [-0.25, -0.2) is 0 Å². The number of likely N-dealkylation sites (tertiary alicyclic amines) is 1. The van der Waals surface area contributed by atoms with Crippen LogP contribution in [0.15, 0.2) is 24.5 Å².